The first kappa shape index (κ1) is 13.7. The molecule has 1 atom stereocenters. The largest absolute Gasteiger partial charge is 0.382 e. The summed E-state index contributed by atoms with van der Waals surface area (Å²) in [5.41, 5.74) is 5.73. The number of rotatable bonds is 3. The summed E-state index contributed by atoms with van der Waals surface area (Å²) >= 11 is 0. The Bertz CT molecular complexity index is 434. The van der Waals surface area contributed by atoms with E-state index in [0.29, 0.717) is 24.1 Å². The van der Waals surface area contributed by atoms with E-state index in [4.69, 9.17) is 5.73 Å². The van der Waals surface area contributed by atoms with Crippen molar-refractivity contribution in [2.45, 2.75) is 6.04 Å². The van der Waals surface area contributed by atoms with Crippen molar-refractivity contribution in [2.75, 3.05) is 46.0 Å². The Labute approximate surface area is 112 Å². The van der Waals surface area contributed by atoms with Gasteiger partial charge in [-0.2, -0.15) is 0 Å². The lowest BCUT2D eigenvalue weighted by molar-refractivity contribution is 0.0876. The summed E-state index contributed by atoms with van der Waals surface area (Å²) in [6.07, 6.45) is 2.77. The molecule has 0 spiro atoms. The average Bonchev–Trinajstić information content (AvgIpc) is 2.40. The zero-order valence-electron chi connectivity index (χ0n) is 11.3. The second-order valence-corrected chi connectivity index (χ2v) is 4.93. The number of nitrogens with zero attached hydrogens (tertiary/aromatic N) is 4. The van der Waals surface area contributed by atoms with Gasteiger partial charge in [-0.1, -0.05) is 0 Å². The molecule has 104 valence electrons. The predicted octanol–water partition coefficient (Wildman–Crippen LogP) is -0.966. The number of nitrogens with one attached hydrogen (secondary N) is 1. The molecular weight excluding hydrogens is 244 g/mol. The number of likely N-dealkylation sites (N-methyl/N-ethyl adjacent to an activating group) is 2. The maximum Gasteiger partial charge on any atom is 0.271 e. The molecule has 1 aliphatic rings. The Kier molecular flexibility index (Phi) is 4.28. The molecule has 2 heterocycles. The molecule has 0 radical (unpaired) electrons. The number of nitrogens with two attached hydrogens (primary N) is 1. The summed E-state index contributed by atoms with van der Waals surface area (Å²) in [4.78, 5) is 24.2. The summed E-state index contributed by atoms with van der Waals surface area (Å²) in [5.74, 6) is 0.0966. The van der Waals surface area contributed by atoms with Crippen molar-refractivity contribution >= 4 is 11.7 Å². The quantitative estimate of drug-likeness (QED) is 0.731. The summed E-state index contributed by atoms with van der Waals surface area (Å²) in [7, 11) is 4.17. The van der Waals surface area contributed by atoms with E-state index in [2.05, 4.69) is 39.2 Å². The number of anilines is 1. The second kappa shape index (κ2) is 5.94. The monoisotopic (exact) mass is 264 g/mol. The topological polar surface area (TPSA) is 87.4 Å². The van der Waals surface area contributed by atoms with Crippen molar-refractivity contribution < 1.29 is 4.79 Å². The van der Waals surface area contributed by atoms with Gasteiger partial charge in [0.15, 0.2) is 0 Å². The van der Waals surface area contributed by atoms with Crippen LogP contribution in [0.1, 0.15) is 10.5 Å². The maximum absolute atomic E-state index is 11.9. The van der Waals surface area contributed by atoms with Gasteiger partial charge in [-0.3, -0.25) is 9.69 Å². The van der Waals surface area contributed by atoms with Gasteiger partial charge >= 0.3 is 0 Å². The van der Waals surface area contributed by atoms with Gasteiger partial charge in [0.1, 0.15) is 11.5 Å². The Morgan fingerprint density at radius 2 is 2.21 bits per heavy atom. The van der Waals surface area contributed by atoms with Gasteiger partial charge < -0.3 is 16.0 Å². The molecule has 1 saturated heterocycles. The molecule has 19 heavy (non-hydrogen) atoms. The van der Waals surface area contributed by atoms with Crippen LogP contribution in [0.3, 0.4) is 0 Å². The minimum atomic E-state index is -0.214. The highest BCUT2D eigenvalue weighted by atomic mass is 16.1. The molecule has 1 aromatic heterocycles. The number of carbonyl (C=O) groups excluding carboxylic acids is 1. The van der Waals surface area contributed by atoms with Crippen molar-refractivity contribution in [1.29, 1.82) is 0 Å². The molecular formula is C12H20N6O. The number of nitrogen functional groups attached to an aromatic ring is 1. The number of piperazine rings is 1. The van der Waals surface area contributed by atoms with Gasteiger partial charge in [-0.25, -0.2) is 9.97 Å². The van der Waals surface area contributed by atoms with E-state index in [9.17, 15) is 4.79 Å². The maximum atomic E-state index is 11.9. The van der Waals surface area contributed by atoms with Crippen molar-refractivity contribution in [1.82, 2.24) is 25.1 Å². The number of amides is 1. The van der Waals surface area contributed by atoms with Gasteiger partial charge in [-0.15, -0.1) is 0 Å². The number of hydrogen-bond donors (Lipinski definition) is 2. The standard InChI is InChI=1S/C12H20N6O/c1-17-3-4-18(2)9(8-17)5-16-12(19)10-6-15-11(13)7-14-10/h6-7,9H,3-5,8H2,1-2H3,(H2,13,15)(H,16,19). The Balaban J connectivity index is 1.87. The molecule has 1 aromatic rings. The zero-order chi connectivity index (χ0) is 13.8. The molecule has 7 nitrogen and oxygen atoms in total. The lowest BCUT2D eigenvalue weighted by atomic mass is 10.2. The van der Waals surface area contributed by atoms with Crippen LogP contribution in [0.15, 0.2) is 12.4 Å². The van der Waals surface area contributed by atoms with E-state index >= 15 is 0 Å². The van der Waals surface area contributed by atoms with Crippen LogP contribution in [-0.2, 0) is 0 Å². The third kappa shape index (κ3) is 3.62. The predicted molar refractivity (Wildman–Crippen MR) is 72.7 cm³/mol. The summed E-state index contributed by atoms with van der Waals surface area (Å²) in [6, 6.07) is 0.324. The Morgan fingerprint density at radius 1 is 1.42 bits per heavy atom. The number of hydrogen-bond acceptors (Lipinski definition) is 6. The highest BCUT2D eigenvalue weighted by Gasteiger charge is 2.22. The van der Waals surface area contributed by atoms with Crippen LogP contribution in [0.25, 0.3) is 0 Å². The molecule has 7 heteroatoms. The smallest absolute Gasteiger partial charge is 0.271 e. The van der Waals surface area contributed by atoms with Crippen molar-refractivity contribution in [3.05, 3.63) is 18.1 Å². The minimum Gasteiger partial charge on any atom is -0.382 e. The average molecular weight is 264 g/mol. The van der Waals surface area contributed by atoms with E-state index in [1.165, 1.54) is 12.4 Å². The Hall–Kier alpha value is -1.73. The first-order valence-electron chi connectivity index (χ1n) is 6.31. The fraction of sp³-hybridized carbons (Fsp3) is 0.583. The van der Waals surface area contributed by atoms with Gasteiger partial charge in [0.05, 0.1) is 12.4 Å². The van der Waals surface area contributed by atoms with E-state index < -0.39 is 0 Å². The molecule has 0 aromatic carbocycles. The first-order chi connectivity index (χ1) is 9.06. The van der Waals surface area contributed by atoms with Crippen LogP contribution in [0.4, 0.5) is 5.82 Å². The van der Waals surface area contributed by atoms with Crippen molar-refractivity contribution in [2.24, 2.45) is 0 Å². The zero-order valence-corrected chi connectivity index (χ0v) is 11.3. The molecule has 0 bridgehead atoms. The van der Waals surface area contributed by atoms with Crippen LogP contribution in [-0.4, -0.2) is 72.0 Å². The van der Waals surface area contributed by atoms with Crippen LogP contribution < -0.4 is 11.1 Å². The van der Waals surface area contributed by atoms with Crippen LogP contribution in [0.5, 0.6) is 0 Å². The lowest BCUT2D eigenvalue weighted by Gasteiger charge is -2.37. The van der Waals surface area contributed by atoms with Crippen LogP contribution in [0.2, 0.25) is 0 Å². The highest BCUT2D eigenvalue weighted by molar-refractivity contribution is 5.91. The van der Waals surface area contributed by atoms with Gasteiger partial charge in [-0.05, 0) is 14.1 Å². The Morgan fingerprint density at radius 3 is 2.89 bits per heavy atom. The second-order valence-electron chi connectivity index (χ2n) is 4.93. The molecule has 0 saturated carbocycles. The molecule has 1 amide bonds. The summed E-state index contributed by atoms with van der Waals surface area (Å²) < 4.78 is 0. The fourth-order valence-electron chi connectivity index (χ4n) is 2.08. The highest BCUT2D eigenvalue weighted by Crippen LogP contribution is 2.05. The van der Waals surface area contributed by atoms with E-state index in [1.807, 2.05) is 0 Å². The van der Waals surface area contributed by atoms with E-state index in [1.54, 1.807) is 0 Å². The summed E-state index contributed by atoms with van der Waals surface area (Å²) in [6.45, 7) is 3.62. The molecule has 1 fully saturated rings. The molecule has 3 N–H and O–H groups in total. The normalized spacial score (nSPS) is 21.3. The minimum absolute atomic E-state index is 0.214. The molecule has 1 unspecified atom stereocenters. The first-order valence-corrected chi connectivity index (χ1v) is 6.31. The third-order valence-corrected chi connectivity index (χ3v) is 3.38. The lowest BCUT2D eigenvalue weighted by Crippen LogP contribution is -2.54. The van der Waals surface area contributed by atoms with E-state index in [0.717, 1.165) is 19.6 Å². The van der Waals surface area contributed by atoms with Crippen LogP contribution >= 0.6 is 0 Å². The number of aromatic nitrogens is 2. The van der Waals surface area contributed by atoms with Gasteiger partial charge in [0, 0.05) is 32.2 Å². The van der Waals surface area contributed by atoms with Crippen molar-refractivity contribution in [3.63, 3.8) is 0 Å². The van der Waals surface area contributed by atoms with Crippen LogP contribution in [0, 0.1) is 0 Å². The third-order valence-electron chi connectivity index (χ3n) is 3.38. The van der Waals surface area contributed by atoms with E-state index in [-0.39, 0.29) is 5.91 Å². The molecule has 0 aliphatic carbocycles. The van der Waals surface area contributed by atoms with Gasteiger partial charge in [0.2, 0.25) is 0 Å². The molecule has 2 rings (SSSR count). The summed E-state index contributed by atoms with van der Waals surface area (Å²) in [5, 5.41) is 2.89. The molecule has 1 aliphatic heterocycles. The van der Waals surface area contributed by atoms with Gasteiger partial charge in [0.25, 0.3) is 5.91 Å². The fourth-order valence-corrected chi connectivity index (χ4v) is 2.08. The SMILES string of the molecule is CN1CCN(C)C(CNC(=O)c2cnc(N)cn2)C1. The number of carbonyl (C=O) groups is 1. The van der Waals surface area contributed by atoms with Crippen molar-refractivity contribution in [3.8, 4) is 0 Å².